The Hall–Kier alpha value is -2.42. The zero-order valence-electron chi connectivity index (χ0n) is 12.0. The number of hydrogen-bond acceptors (Lipinski definition) is 2. The van der Waals surface area contributed by atoms with Crippen LogP contribution in [0, 0.1) is 5.92 Å². The van der Waals surface area contributed by atoms with Crippen LogP contribution in [0.2, 0.25) is 0 Å². The number of nitrogens with zero attached hydrogens (tertiary/aromatic N) is 1. The SMILES string of the molecule is C/C(=N/NC(=O)[C@@H]1C[C@@H]1c1ccccc1)c1ccccc1. The number of amides is 1. The molecule has 1 aliphatic rings. The minimum atomic E-state index is 0.0131. The van der Waals surface area contributed by atoms with Crippen molar-refractivity contribution in [3.8, 4) is 0 Å². The molecule has 1 aliphatic carbocycles. The molecule has 3 heteroatoms. The third-order valence-electron chi connectivity index (χ3n) is 3.88. The van der Waals surface area contributed by atoms with E-state index in [1.807, 2.05) is 55.5 Å². The molecule has 0 bridgehead atoms. The summed E-state index contributed by atoms with van der Waals surface area (Å²) in [6.07, 6.45) is 0.912. The van der Waals surface area contributed by atoms with Crippen molar-refractivity contribution in [1.29, 1.82) is 0 Å². The molecule has 3 rings (SSSR count). The largest absolute Gasteiger partial charge is 0.273 e. The molecule has 2 aromatic carbocycles. The highest BCUT2D eigenvalue weighted by atomic mass is 16.2. The lowest BCUT2D eigenvalue weighted by molar-refractivity contribution is -0.122. The monoisotopic (exact) mass is 278 g/mol. The Bertz CT molecular complexity index is 649. The van der Waals surface area contributed by atoms with E-state index in [1.54, 1.807) is 0 Å². The predicted molar refractivity (Wildman–Crippen MR) is 84.1 cm³/mol. The summed E-state index contributed by atoms with van der Waals surface area (Å²) in [4.78, 5) is 12.1. The number of benzene rings is 2. The van der Waals surface area contributed by atoms with E-state index in [1.165, 1.54) is 5.56 Å². The van der Waals surface area contributed by atoms with Crippen molar-refractivity contribution < 1.29 is 4.79 Å². The molecule has 1 fully saturated rings. The molecule has 0 aromatic heterocycles. The van der Waals surface area contributed by atoms with Crippen LogP contribution in [0.4, 0.5) is 0 Å². The Morgan fingerprint density at radius 2 is 1.67 bits per heavy atom. The number of hydrazone groups is 1. The molecule has 0 unspecified atom stereocenters. The molecule has 106 valence electrons. The fraction of sp³-hybridized carbons (Fsp3) is 0.222. The van der Waals surface area contributed by atoms with Crippen LogP contribution < -0.4 is 5.43 Å². The normalized spacial score (nSPS) is 20.9. The van der Waals surface area contributed by atoms with Crippen LogP contribution in [0.15, 0.2) is 65.8 Å². The van der Waals surface area contributed by atoms with Crippen molar-refractivity contribution in [2.45, 2.75) is 19.3 Å². The highest BCUT2D eigenvalue weighted by molar-refractivity contribution is 5.99. The Morgan fingerprint density at radius 1 is 1.05 bits per heavy atom. The molecule has 0 aliphatic heterocycles. The van der Waals surface area contributed by atoms with Gasteiger partial charge in [-0.25, -0.2) is 5.43 Å². The van der Waals surface area contributed by atoms with Crippen LogP contribution >= 0.6 is 0 Å². The lowest BCUT2D eigenvalue weighted by Gasteiger charge is -2.03. The molecule has 0 saturated heterocycles. The summed E-state index contributed by atoms with van der Waals surface area (Å²) in [5.74, 6) is 0.414. The van der Waals surface area contributed by atoms with Gasteiger partial charge in [0, 0.05) is 5.92 Å². The third kappa shape index (κ3) is 3.19. The van der Waals surface area contributed by atoms with Crippen molar-refractivity contribution in [1.82, 2.24) is 5.43 Å². The Labute approximate surface area is 124 Å². The number of rotatable bonds is 4. The number of carbonyl (C=O) groups is 1. The van der Waals surface area contributed by atoms with E-state index in [4.69, 9.17) is 0 Å². The van der Waals surface area contributed by atoms with Gasteiger partial charge < -0.3 is 0 Å². The topological polar surface area (TPSA) is 41.5 Å². The van der Waals surface area contributed by atoms with Crippen LogP contribution in [0.3, 0.4) is 0 Å². The molecule has 0 radical (unpaired) electrons. The van der Waals surface area contributed by atoms with Gasteiger partial charge >= 0.3 is 0 Å². The fourth-order valence-electron chi connectivity index (χ4n) is 2.52. The molecule has 1 saturated carbocycles. The zero-order valence-corrected chi connectivity index (χ0v) is 12.0. The molecule has 1 amide bonds. The molecule has 2 aromatic rings. The van der Waals surface area contributed by atoms with Gasteiger partial charge in [0.15, 0.2) is 0 Å². The second kappa shape index (κ2) is 5.92. The van der Waals surface area contributed by atoms with Crippen molar-refractivity contribution in [2.75, 3.05) is 0 Å². The first-order valence-electron chi connectivity index (χ1n) is 7.20. The fourth-order valence-corrected chi connectivity index (χ4v) is 2.52. The van der Waals surface area contributed by atoms with E-state index in [9.17, 15) is 4.79 Å². The van der Waals surface area contributed by atoms with E-state index in [2.05, 4.69) is 22.7 Å². The predicted octanol–water partition coefficient (Wildman–Crippen LogP) is 3.33. The minimum Gasteiger partial charge on any atom is -0.273 e. The van der Waals surface area contributed by atoms with Gasteiger partial charge in [0.1, 0.15) is 0 Å². The van der Waals surface area contributed by atoms with Crippen molar-refractivity contribution in [2.24, 2.45) is 11.0 Å². The maximum Gasteiger partial charge on any atom is 0.243 e. The maximum atomic E-state index is 12.1. The Morgan fingerprint density at radius 3 is 2.33 bits per heavy atom. The first-order chi connectivity index (χ1) is 10.3. The van der Waals surface area contributed by atoms with Crippen LogP contribution in [-0.2, 0) is 4.79 Å². The second-order valence-electron chi connectivity index (χ2n) is 5.40. The molecule has 2 atom stereocenters. The van der Waals surface area contributed by atoms with Crippen molar-refractivity contribution in [3.63, 3.8) is 0 Å². The molecule has 0 heterocycles. The molecular formula is C18H18N2O. The van der Waals surface area contributed by atoms with Gasteiger partial charge in [-0.1, -0.05) is 60.7 Å². The summed E-state index contributed by atoms with van der Waals surface area (Å²) in [5.41, 5.74) is 5.77. The van der Waals surface area contributed by atoms with Crippen LogP contribution in [0.5, 0.6) is 0 Å². The molecular weight excluding hydrogens is 260 g/mol. The van der Waals surface area contributed by atoms with Crippen LogP contribution in [-0.4, -0.2) is 11.6 Å². The average Bonchev–Trinajstić information content (AvgIpc) is 3.35. The standard InChI is InChI=1S/C18H18N2O/c1-13(14-8-4-2-5-9-14)19-20-18(21)17-12-16(17)15-10-6-3-7-11-15/h2-11,16-17H,12H2,1H3,(H,20,21)/b19-13-/t16-,17-/m1/s1. The van der Waals surface area contributed by atoms with E-state index >= 15 is 0 Å². The number of nitrogens with one attached hydrogen (secondary N) is 1. The zero-order chi connectivity index (χ0) is 14.7. The van der Waals surface area contributed by atoms with E-state index in [0.717, 1.165) is 17.7 Å². The quantitative estimate of drug-likeness (QED) is 0.676. The minimum absolute atomic E-state index is 0.0131. The maximum absolute atomic E-state index is 12.1. The van der Waals surface area contributed by atoms with Crippen LogP contribution in [0.1, 0.15) is 30.4 Å². The third-order valence-corrected chi connectivity index (χ3v) is 3.88. The lowest BCUT2D eigenvalue weighted by atomic mass is 10.1. The first kappa shape index (κ1) is 13.6. The summed E-state index contributed by atoms with van der Waals surface area (Å²) in [6, 6.07) is 20.0. The second-order valence-corrected chi connectivity index (χ2v) is 5.40. The highest BCUT2D eigenvalue weighted by Crippen LogP contribution is 2.47. The molecule has 0 spiro atoms. The van der Waals surface area contributed by atoms with E-state index in [0.29, 0.717) is 5.92 Å². The Kier molecular flexibility index (Phi) is 3.82. The summed E-state index contributed by atoms with van der Waals surface area (Å²) in [6.45, 7) is 1.90. The molecule has 3 nitrogen and oxygen atoms in total. The van der Waals surface area contributed by atoms with Crippen molar-refractivity contribution >= 4 is 11.6 Å². The number of carbonyl (C=O) groups excluding carboxylic acids is 1. The van der Waals surface area contributed by atoms with Gasteiger partial charge in [-0.3, -0.25) is 4.79 Å². The summed E-state index contributed by atoms with van der Waals surface area (Å²) in [5, 5.41) is 4.20. The van der Waals surface area contributed by atoms with Crippen LogP contribution in [0.25, 0.3) is 0 Å². The van der Waals surface area contributed by atoms with Gasteiger partial charge in [-0.05, 0) is 30.4 Å². The van der Waals surface area contributed by atoms with E-state index in [-0.39, 0.29) is 11.8 Å². The number of hydrogen-bond donors (Lipinski definition) is 1. The van der Waals surface area contributed by atoms with Crippen molar-refractivity contribution in [3.05, 3.63) is 71.8 Å². The average molecular weight is 278 g/mol. The van der Waals surface area contributed by atoms with Gasteiger partial charge in [0.2, 0.25) is 5.91 Å². The van der Waals surface area contributed by atoms with Gasteiger partial charge in [0.05, 0.1) is 5.71 Å². The van der Waals surface area contributed by atoms with Gasteiger partial charge in [0.25, 0.3) is 0 Å². The van der Waals surface area contributed by atoms with Gasteiger partial charge in [-0.2, -0.15) is 5.10 Å². The Balaban J connectivity index is 1.59. The molecule has 21 heavy (non-hydrogen) atoms. The lowest BCUT2D eigenvalue weighted by Crippen LogP contribution is -2.21. The molecule has 1 N–H and O–H groups in total. The summed E-state index contributed by atoms with van der Waals surface area (Å²) >= 11 is 0. The first-order valence-corrected chi connectivity index (χ1v) is 7.20. The van der Waals surface area contributed by atoms with Gasteiger partial charge in [-0.15, -0.1) is 0 Å². The highest BCUT2D eigenvalue weighted by Gasteiger charge is 2.43. The summed E-state index contributed by atoms with van der Waals surface area (Å²) < 4.78 is 0. The van der Waals surface area contributed by atoms with E-state index < -0.39 is 0 Å². The summed E-state index contributed by atoms with van der Waals surface area (Å²) in [7, 11) is 0. The smallest absolute Gasteiger partial charge is 0.243 e.